The van der Waals surface area contributed by atoms with Crippen LogP contribution in [-0.4, -0.2) is 98.7 Å². The molecule has 1 aromatic rings. The van der Waals surface area contributed by atoms with Crippen LogP contribution in [0.15, 0.2) is 35.4 Å². The molecule has 0 bridgehead atoms. The second kappa shape index (κ2) is 14.9. The summed E-state index contributed by atoms with van der Waals surface area (Å²) in [4.78, 5) is 55.0. The Labute approximate surface area is 254 Å². The van der Waals surface area contributed by atoms with Gasteiger partial charge in [0, 0.05) is 19.5 Å². The molecule has 0 unspecified atom stereocenters. The van der Waals surface area contributed by atoms with Crippen LogP contribution in [0.3, 0.4) is 0 Å². The van der Waals surface area contributed by atoms with E-state index in [1.165, 1.54) is 11.1 Å². The van der Waals surface area contributed by atoms with Gasteiger partial charge in [0.25, 0.3) is 0 Å². The molecule has 1 aromatic carbocycles. The summed E-state index contributed by atoms with van der Waals surface area (Å²) in [5.74, 6) is -0.715. The molecule has 3 aliphatic rings. The average molecular weight is 599 g/mol. The summed E-state index contributed by atoms with van der Waals surface area (Å²) < 4.78 is 16.0. The monoisotopic (exact) mass is 598 g/mol. The SMILES string of the molecule is COc1ccc(C[C@H](NC(=O)[C@H](C)NC(=O)CN2CCOCC2)C(=O)N[C@@H](CCC2=C(C)CCC2)C(=O)[C@@]2(C)CO2)cc1. The lowest BCUT2D eigenvalue weighted by molar-refractivity contribution is -0.134. The molecule has 2 saturated heterocycles. The number of ether oxygens (including phenoxy) is 3. The molecule has 11 heteroatoms. The Morgan fingerprint density at radius 2 is 1.67 bits per heavy atom. The molecular weight excluding hydrogens is 552 g/mol. The smallest absolute Gasteiger partial charge is 0.243 e. The number of hydrogen-bond donors (Lipinski definition) is 3. The lowest BCUT2D eigenvalue weighted by Crippen LogP contribution is -2.57. The van der Waals surface area contributed by atoms with Crippen LogP contribution in [-0.2, 0) is 35.1 Å². The number of Topliss-reactive ketones (excluding diaryl/α,β-unsaturated/α-hetero) is 1. The Morgan fingerprint density at radius 3 is 2.28 bits per heavy atom. The fraction of sp³-hybridized carbons (Fsp3) is 0.625. The van der Waals surface area contributed by atoms with Gasteiger partial charge in [-0.2, -0.15) is 0 Å². The molecule has 4 rings (SSSR count). The minimum absolute atomic E-state index is 0.157. The molecular formula is C32H46N4O7. The van der Waals surface area contributed by atoms with Gasteiger partial charge in [0.1, 0.15) is 23.4 Å². The van der Waals surface area contributed by atoms with Crippen LogP contribution in [0.25, 0.3) is 0 Å². The average Bonchev–Trinajstić information content (AvgIpc) is 3.62. The summed E-state index contributed by atoms with van der Waals surface area (Å²) in [7, 11) is 1.57. The highest BCUT2D eigenvalue weighted by Gasteiger charge is 2.50. The number of allylic oxidation sites excluding steroid dienone is 2. The van der Waals surface area contributed by atoms with E-state index in [9.17, 15) is 19.2 Å². The summed E-state index contributed by atoms with van der Waals surface area (Å²) in [6, 6.07) is 4.64. The zero-order valence-electron chi connectivity index (χ0n) is 25.8. The van der Waals surface area contributed by atoms with E-state index in [1.54, 1.807) is 33.1 Å². The highest BCUT2D eigenvalue weighted by molar-refractivity contribution is 5.98. The van der Waals surface area contributed by atoms with Crippen molar-refractivity contribution in [3.05, 3.63) is 41.0 Å². The number of methoxy groups -OCH3 is 1. The summed E-state index contributed by atoms with van der Waals surface area (Å²) in [5.41, 5.74) is 2.61. The molecule has 2 heterocycles. The first-order chi connectivity index (χ1) is 20.6. The first-order valence-corrected chi connectivity index (χ1v) is 15.3. The first kappa shape index (κ1) is 32.6. The van der Waals surface area contributed by atoms with Crippen LogP contribution in [0.4, 0.5) is 0 Å². The molecule has 0 saturated carbocycles. The zero-order chi connectivity index (χ0) is 31.0. The number of hydrogen-bond acceptors (Lipinski definition) is 8. The Bertz CT molecular complexity index is 1190. The predicted molar refractivity (Wildman–Crippen MR) is 161 cm³/mol. The quantitative estimate of drug-likeness (QED) is 0.205. The van der Waals surface area contributed by atoms with Crippen molar-refractivity contribution in [1.29, 1.82) is 0 Å². The number of carbonyl (C=O) groups excluding carboxylic acids is 4. The molecule has 0 spiro atoms. The fourth-order valence-corrected chi connectivity index (χ4v) is 5.59. The van der Waals surface area contributed by atoms with Crippen molar-refractivity contribution in [3.8, 4) is 5.75 Å². The van der Waals surface area contributed by atoms with Gasteiger partial charge >= 0.3 is 0 Å². The van der Waals surface area contributed by atoms with Crippen LogP contribution < -0.4 is 20.7 Å². The minimum Gasteiger partial charge on any atom is -0.497 e. The highest BCUT2D eigenvalue weighted by Crippen LogP contribution is 2.32. The van der Waals surface area contributed by atoms with Crippen LogP contribution in [0.1, 0.15) is 58.4 Å². The molecule has 0 aromatic heterocycles. The van der Waals surface area contributed by atoms with Crippen molar-refractivity contribution in [2.24, 2.45) is 0 Å². The molecule has 236 valence electrons. The van der Waals surface area contributed by atoms with Crippen molar-refractivity contribution < 1.29 is 33.4 Å². The molecule has 43 heavy (non-hydrogen) atoms. The van der Waals surface area contributed by atoms with Crippen molar-refractivity contribution in [2.75, 3.05) is 46.6 Å². The van der Waals surface area contributed by atoms with Gasteiger partial charge in [0.05, 0.1) is 39.5 Å². The normalized spacial score (nSPS) is 22.3. The van der Waals surface area contributed by atoms with Gasteiger partial charge in [0.2, 0.25) is 17.7 Å². The highest BCUT2D eigenvalue weighted by atomic mass is 16.6. The van der Waals surface area contributed by atoms with Crippen LogP contribution in [0.5, 0.6) is 5.75 Å². The van der Waals surface area contributed by atoms with Gasteiger partial charge in [-0.15, -0.1) is 0 Å². The third kappa shape index (κ3) is 9.35. The largest absolute Gasteiger partial charge is 0.497 e. The Kier molecular flexibility index (Phi) is 11.3. The van der Waals surface area contributed by atoms with Crippen LogP contribution >= 0.6 is 0 Å². The van der Waals surface area contributed by atoms with E-state index >= 15 is 0 Å². The number of morpholine rings is 1. The summed E-state index contributed by atoms with van der Waals surface area (Å²) in [6.07, 6.45) is 4.57. The summed E-state index contributed by atoms with van der Waals surface area (Å²) >= 11 is 0. The van der Waals surface area contributed by atoms with E-state index in [1.807, 2.05) is 17.0 Å². The van der Waals surface area contributed by atoms with Crippen molar-refractivity contribution in [3.63, 3.8) is 0 Å². The van der Waals surface area contributed by atoms with Crippen LogP contribution in [0, 0.1) is 0 Å². The Balaban J connectivity index is 1.44. The number of nitrogens with zero attached hydrogens (tertiary/aromatic N) is 1. The van der Waals surface area contributed by atoms with Crippen molar-refractivity contribution in [1.82, 2.24) is 20.9 Å². The van der Waals surface area contributed by atoms with Crippen LogP contribution in [0.2, 0.25) is 0 Å². The van der Waals surface area contributed by atoms with Crippen molar-refractivity contribution >= 4 is 23.5 Å². The number of ketones is 1. The predicted octanol–water partition coefficient (Wildman–Crippen LogP) is 1.68. The van der Waals surface area contributed by atoms with E-state index < -0.39 is 35.5 Å². The van der Waals surface area contributed by atoms with Crippen molar-refractivity contribution in [2.45, 2.75) is 83.0 Å². The number of epoxide rings is 1. The van der Waals surface area contributed by atoms with Gasteiger partial charge in [-0.25, -0.2) is 0 Å². The maximum atomic E-state index is 13.8. The standard InChI is InChI=1S/C32H46N4O7/c1-21-6-5-7-24(21)10-13-26(29(38)32(3)20-43-32)34-31(40)27(18-23-8-11-25(41-4)12-9-23)35-30(39)22(2)33-28(37)19-36-14-16-42-17-15-36/h8-9,11-12,22,26-27H,5-7,10,13-20H2,1-4H3,(H,33,37)(H,34,40)(H,35,39)/t22-,26-,27-,32+/m0/s1. The zero-order valence-corrected chi connectivity index (χ0v) is 25.8. The van der Waals surface area contributed by atoms with E-state index in [0.29, 0.717) is 45.1 Å². The molecule has 1 aliphatic carbocycles. The van der Waals surface area contributed by atoms with E-state index in [2.05, 4.69) is 22.9 Å². The minimum atomic E-state index is -0.977. The lowest BCUT2D eigenvalue weighted by atomic mass is 9.93. The number of rotatable bonds is 15. The van der Waals surface area contributed by atoms with Gasteiger partial charge in [-0.3, -0.25) is 24.1 Å². The van der Waals surface area contributed by atoms with Gasteiger partial charge in [-0.05, 0) is 70.6 Å². The third-order valence-corrected chi connectivity index (χ3v) is 8.57. The van der Waals surface area contributed by atoms with E-state index in [4.69, 9.17) is 14.2 Å². The van der Waals surface area contributed by atoms with Gasteiger partial charge < -0.3 is 30.2 Å². The first-order valence-electron chi connectivity index (χ1n) is 15.3. The number of nitrogens with one attached hydrogen (secondary N) is 3. The van der Waals surface area contributed by atoms with Gasteiger partial charge in [0.15, 0.2) is 5.78 Å². The molecule has 0 radical (unpaired) electrons. The molecule has 11 nitrogen and oxygen atoms in total. The second-order valence-electron chi connectivity index (χ2n) is 12.0. The van der Waals surface area contributed by atoms with E-state index in [-0.39, 0.29) is 24.7 Å². The number of amides is 3. The molecule has 3 amide bonds. The lowest BCUT2D eigenvalue weighted by Gasteiger charge is -2.27. The summed E-state index contributed by atoms with van der Waals surface area (Å²) in [5, 5.41) is 8.51. The number of carbonyl (C=O) groups is 4. The number of benzene rings is 1. The third-order valence-electron chi connectivity index (χ3n) is 8.57. The fourth-order valence-electron chi connectivity index (χ4n) is 5.59. The Morgan fingerprint density at radius 1 is 1.00 bits per heavy atom. The molecule has 2 fully saturated rings. The molecule has 2 aliphatic heterocycles. The maximum Gasteiger partial charge on any atom is 0.243 e. The Hall–Kier alpha value is -3.28. The molecule has 3 N–H and O–H groups in total. The molecule has 4 atom stereocenters. The second-order valence-corrected chi connectivity index (χ2v) is 12.0. The van der Waals surface area contributed by atoms with E-state index in [0.717, 1.165) is 31.2 Å². The summed E-state index contributed by atoms with van der Waals surface area (Å²) in [6.45, 7) is 8.39. The topological polar surface area (TPSA) is 139 Å². The maximum absolute atomic E-state index is 13.8. The van der Waals surface area contributed by atoms with Gasteiger partial charge in [-0.1, -0.05) is 23.3 Å².